The van der Waals surface area contributed by atoms with Gasteiger partial charge in [0.1, 0.15) is 21.3 Å². The first-order valence-corrected chi connectivity index (χ1v) is 8.68. The van der Waals surface area contributed by atoms with Crippen molar-refractivity contribution in [3.8, 4) is 33.8 Å². The van der Waals surface area contributed by atoms with Crippen LogP contribution in [0.25, 0.3) is 22.3 Å². The monoisotopic (exact) mass is 383 g/mol. The summed E-state index contributed by atoms with van der Waals surface area (Å²) in [5.74, 6) is -1.41. The van der Waals surface area contributed by atoms with Gasteiger partial charge in [0, 0.05) is 11.1 Å². The minimum atomic E-state index is -1.42. The van der Waals surface area contributed by atoms with Gasteiger partial charge in [-0.1, -0.05) is 24.3 Å². The minimum Gasteiger partial charge on any atom is -0.497 e. The van der Waals surface area contributed by atoms with Gasteiger partial charge in [0.15, 0.2) is 0 Å². The molecule has 137 valence electrons. The molecule has 0 atom stereocenters. The lowest BCUT2D eigenvalue weighted by atomic mass is 9.94. The van der Waals surface area contributed by atoms with Gasteiger partial charge < -0.3 is 14.6 Å². The number of rotatable bonds is 6. The normalized spacial score (nSPS) is 10.4. The predicted octanol–water partition coefficient (Wildman–Crippen LogP) is 4.37. The van der Waals surface area contributed by atoms with Crippen LogP contribution in [0.5, 0.6) is 11.5 Å². The molecule has 0 saturated carbocycles. The molecule has 0 fully saturated rings. The Kier molecular flexibility index (Phi) is 5.14. The third-order valence-electron chi connectivity index (χ3n) is 4.05. The lowest BCUT2D eigenvalue weighted by molar-refractivity contribution is 0.0579. The first kappa shape index (κ1) is 18.5. The summed E-state index contributed by atoms with van der Waals surface area (Å²) in [6.45, 7) is 0. The fourth-order valence-electron chi connectivity index (χ4n) is 2.79. The Balaban J connectivity index is 2.30. The van der Waals surface area contributed by atoms with E-state index in [0.29, 0.717) is 45.1 Å². The molecule has 0 bridgehead atoms. The first-order valence-electron chi connectivity index (χ1n) is 7.86. The SMILES string of the molecule is COc1ccc(-c2c(C([O])=O)sc(C(=O)O)c2-c2ccc(OC)cc2)cc1. The van der Waals surface area contributed by atoms with Gasteiger partial charge in [-0.15, -0.1) is 11.3 Å². The van der Waals surface area contributed by atoms with Crippen LogP contribution in [0.4, 0.5) is 0 Å². The van der Waals surface area contributed by atoms with Crippen LogP contribution in [-0.4, -0.2) is 31.3 Å². The van der Waals surface area contributed by atoms with Crippen molar-refractivity contribution >= 4 is 23.3 Å². The van der Waals surface area contributed by atoms with E-state index in [9.17, 15) is 19.8 Å². The van der Waals surface area contributed by atoms with Crippen LogP contribution in [0.1, 0.15) is 19.3 Å². The standard InChI is InChI=1S/C20H15O6S/c1-25-13-7-3-11(4-8-13)15-16(12-5-9-14(26-2)10-6-12)18(20(23)24)27-17(15)19(21)22/h3-10H,1-2H3,(H,21,22). The summed E-state index contributed by atoms with van der Waals surface area (Å²) in [5.41, 5.74) is 1.78. The maximum Gasteiger partial charge on any atom is 0.396 e. The molecule has 0 aliphatic heterocycles. The number of carbonyl (C=O) groups is 2. The summed E-state index contributed by atoms with van der Waals surface area (Å²) in [6.07, 6.45) is 0. The van der Waals surface area contributed by atoms with E-state index in [1.165, 1.54) is 14.2 Å². The molecule has 0 saturated heterocycles. The van der Waals surface area contributed by atoms with Gasteiger partial charge in [-0.25, -0.2) is 14.7 Å². The summed E-state index contributed by atoms with van der Waals surface area (Å²) in [4.78, 5) is 23.3. The molecule has 0 aliphatic rings. The Morgan fingerprint density at radius 2 is 1.19 bits per heavy atom. The number of carboxylic acids is 1. The number of thiophene rings is 1. The number of methoxy groups -OCH3 is 2. The maximum atomic E-state index is 11.8. The number of hydrogen-bond donors (Lipinski definition) is 1. The quantitative estimate of drug-likeness (QED) is 0.682. The first-order chi connectivity index (χ1) is 13.0. The molecule has 27 heavy (non-hydrogen) atoms. The molecule has 1 heterocycles. The molecule has 0 amide bonds. The molecule has 1 N–H and O–H groups in total. The predicted molar refractivity (Wildman–Crippen MR) is 100 cm³/mol. The van der Waals surface area contributed by atoms with Crippen LogP contribution < -0.4 is 9.47 Å². The zero-order chi connectivity index (χ0) is 19.6. The van der Waals surface area contributed by atoms with Crippen molar-refractivity contribution in [2.75, 3.05) is 14.2 Å². The van der Waals surface area contributed by atoms with Crippen molar-refractivity contribution in [1.82, 2.24) is 0 Å². The second-order valence-corrected chi connectivity index (χ2v) is 6.58. The number of aromatic carboxylic acids is 1. The highest BCUT2D eigenvalue weighted by Gasteiger charge is 2.28. The Labute approximate surface area is 159 Å². The zero-order valence-corrected chi connectivity index (χ0v) is 15.3. The van der Waals surface area contributed by atoms with Crippen LogP contribution in [-0.2, 0) is 5.11 Å². The Morgan fingerprint density at radius 1 is 0.778 bits per heavy atom. The van der Waals surface area contributed by atoms with Crippen molar-refractivity contribution in [2.45, 2.75) is 0 Å². The lowest BCUT2D eigenvalue weighted by Crippen LogP contribution is -1.96. The number of ether oxygens (including phenoxy) is 2. The molecule has 0 spiro atoms. The lowest BCUT2D eigenvalue weighted by Gasteiger charge is -2.09. The second kappa shape index (κ2) is 7.51. The molecule has 1 radical (unpaired) electrons. The number of hydrogen-bond acceptors (Lipinski definition) is 5. The summed E-state index contributed by atoms with van der Waals surface area (Å²) in [5, 5.41) is 21.3. The molecule has 7 heteroatoms. The van der Waals surface area contributed by atoms with Gasteiger partial charge in [0.2, 0.25) is 0 Å². The van der Waals surface area contributed by atoms with Crippen LogP contribution in [0, 0.1) is 0 Å². The van der Waals surface area contributed by atoms with Crippen LogP contribution in [0.15, 0.2) is 48.5 Å². The number of carboxylic acid groups (broad SMARTS) is 1. The van der Waals surface area contributed by atoms with Gasteiger partial charge in [0.05, 0.1) is 14.2 Å². The van der Waals surface area contributed by atoms with E-state index in [1.54, 1.807) is 48.5 Å². The average molecular weight is 383 g/mol. The Morgan fingerprint density at radius 3 is 1.52 bits per heavy atom. The van der Waals surface area contributed by atoms with Crippen molar-refractivity contribution in [2.24, 2.45) is 0 Å². The van der Waals surface area contributed by atoms with Gasteiger partial charge in [-0.3, -0.25) is 0 Å². The van der Waals surface area contributed by atoms with E-state index >= 15 is 0 Å². The maximum absolute atomic E-state index is 11.8. The van der Waals surface area contributed by atoms with E-state index < -0.39 is 11.9 Å². The summed E-state index contributed by atoms with van der Waals surface area (Å²) in [6, 6.07) is 13.5. The smallest absolute Gasteiger partial charge is 0.396 e. The van der Waals surface area contributed by atoms with E-state index in [-0.39, 0.29) is 9.75 Å². The van der Waals surface area contributed by atoms with E-state index in [0.717, 1.165) is 0 Å². The number of benzene rings is 2. The molecular formula is C20H15O6S. The van der Waals surface area contributed by atoms with E-state index in [4.69, 9.17) is 9.47 Å². The molecule has 6 nitrogen and oxygen atoms in total. The minimum absolute atomic E-state index is 0.0646. The Hall–Kier alpha value is -3.32. The van der Waals surface area contributed by atoms with Gasteiger partial charge in [0.25, 0.3) is 0 Å². The zero-order valence-electron chi connectivity index (χ0n) is 14.5. The number of carbonyl (C=O) groups excluding carboxylic acids is 1. The van der Waals surface area contributed by atoms with E-state index in [2.05, 4.69) is 0 Å². The fraction of sp³-hybridized carbons (Fsp3) is 0.100. The molecule has 3 rings (SSSR count). The average Bonchev–Trinajstić information content (AvgIpc) is 3.09. The molecule has 1 aromatic heterocycles. The van der Waals surface area contributed by atoms with Gasteiger partial charge >= 0.3 is 11.9 Å². The van der Waals surface area contributed by atoms with E-state index in [1.807, 2.05) is 0 Å². The third-order valence-corrected chi connectivity index (χ3v) is 5.20. The van der Waals surface area contributed by atoms with Crippen LogP contribution in [0.3, 0.4) is 0 Å². The molecular weight excluding hydrogens is 368 g/mol. The third kappa shape index (κ3) is 3.50. The highest BCUT2D eigenvalue weighted by Crippen LogP contribution is 2.44. The van der Waals surface area contributed by atoms with Crippen molar-refractivity contribution < 1.29 is 29.3 Å². The highest BCUT2D eigenvalue weighted by molar-refractivity contribution is 7.17. The van der Waals surface area contributed by atoms with Crippen molar-refractivity contribution in [1.29, 1.82) is 0 Å². The van der Waals surface area contributed by atoms with Crippen LogP contribution in [0.2, 0.25) is 0 Å². The molecule has 2 aromatic carbocycles. The Bertz CT molecular complexity index is 907. The largest absolute Gasteiger partial charge is 0.497 e. The summed E-state index contributed by atoms with van der Waals surface area (Å²) in [7, 11) is 3.05. The topological polar surface area (TPSA) is 92.7 Å². The van der Waals surface area contributed by atoms with Gasteiger partial charge in [-0.05, 0) is 35.4 Å². The molecule has 0 aliphatic carbocycles. The summed E-state index contributed by atoms with van der Waals surface area (Å²) >= 11 is 0.688. The van der Waals surface area contributed by atoms with Gasteiger partial charge in [-0.2, -0.15) is 0 Å². The van der Waals surface area contributed by atoms with Crippen LogP contribution >= 0.6 is 11.3 Å². The van der Waals surface area contributed by atoms with Crippen molar-refractivity contribution in [3.05, 3.63) is 58.3 Å². The van der Waals surface area contributed by atoms with Crippen molar-refractivity contribution in [3.63, 3.8) is 0 Å². The fourth-order valence-corrected chi connectivity index (χ4v) is 3.81. The molecule has 0 unspecified atom stereocenters. The molecule has 3 aromatic rings. The summed E-state index contributed by atoms with van der Waals surface area (Å²) < 4.78 is 10.3. The second-order valence-electron chi connectivity index (χ2n) is 5.56. The highest BCUT2D eigenvalue weighted by atomic mass is 32.1.